The molecule has 1 atom stereocenters. The van der Waals surface area contributed by atoms with Crippen LogP contribution < -0.4 is 0 Å². The Labute approximate surface area is 135 Å². The van der Waals surface area contributed by atoms with Crippen LogP contribution in [-0.2, 0) is 0 Å². The van der Waals surface area contributed by atoms with E-state index in [0.717, 1.165) is 27.9 Å². The molecule has 0 fully saturated rings. The number of nitrogens with zero attached hydrogens (tertiary/aromatic N) is 2. The van der Waals surface area contributed by atoms with Crippen molar-refractivity contribution in [3.05, 3.63) is 65.2 Å². The fourth-order valence-electron chi connectivity index (χ4n) is 2.69. The number of carbonyl (C=O) groups excluding carboxylic acids is 1. The van der Waals surface area contributed by atoms with Crippen LogP contribution in [0, 0.1) is 13.8 Å². The van der Waals surface area contributed by atoms with Gasteiger partial charge in [-0.05, 0) is 51.1 Å². The number of aryl methyl sites for hydroxylation is 2. The maximum Gasteiger partial charge on any atom is 0.256 e. The molecule has 0 spiro atoms. The maximum absolute atomic E-state index is 12.9. The van der Waals surface area contributed by atoms with Gasteiger partial charge in [-0.15, -0.1) is 0 Å². The van der Waals surface area contributed by atoms with Gasteiger partial charge in [0.2, 0.25) is 0 Å². The Kier molecular flexibility index (Phi) is 3.90. The first-order chi connectivity index (χ1) is 11.0. The fraction of sp³-hybridized carbons (Fsp3) is 0.263. The van der Waals surface area contributed by atoms with Gasteiger partial charge in [0.1, 0.15) is 5.76 Å². The summed E-state index contributed by atoms with van der Waals surface area (Å²) in [6.45, 7) is 5.86. The maximum atomic E-state index is 12.9. The van der Waals surface area contributed by atoms with Gasteiger partial charge in [-0.2, -0.15) is 0 Å². The standard InChI is InChI=1S/C19H20N2O2/c1-12-7-8-17-15(10-12)11-16(13(2)20-17)19(22)21(4)14(3)18-6-5-9-23-18/h5-11,14H,1-4H3. The van der Waals surface area contributed by atoms with Crippen LogP contribution in [0.25, 0.3) is 10.9 Å². The molecule has 0 saturated carbocycles. The van der Waals surface area contributed by atoms with Gasteiger partial charge in [-0.3, -0.25) is 9.78 Å². The highest BCUT2D eigenvalue weighted by molar-refractivity contribution is 5.98. The zero-order valence-electron chi connectivity index (χ0n) is 13.8. The van der Waals surface area contributed by atoms with Crippen LogP contribution in [0.4, 0.5) is 0 Å². The Bertz CT molecular complexity index is 853. The third kappa shape index (κ3) is 2.84. The second-order valence-corrected chi connectivity index (χ2v) is 5.92. The molecule has 0 aliphatic heterocycles. The summed E-state index contributed by atoms with van der Waals surface area (Å²) >= 11 is 0. The van der Waals surface area contributed by atoms with Crippen molar-refractivity contribution in [2.24, 2.45) is 0 Å². The van der Waals surface area contributed by atoms with Crippen LogP contribution in [0.2, 0.25) is 0 Å². The van der Waals surface area contributed by atoms with E-state index in [1.54, 1.807) is 18.2 Å². The van der Waals surface area contributed by atoms with Gasteiger partial charge >= 0.3 is 0 Å². The van der Waals surface area contributed by atoms with Crippen molar-refractivity contribution in [1.29, 1.82) is 0 Å². The Hall–Kier alpha value is -2.62. The molecule has 2 heterocycles. The van der Waals surface area contributed by atoms with Gasteiger partial charge in [0.25, 0.3) is 5.91 Å². The number of aromatic nitrogens is 1. The lowest BCUT2D eigenvalue weighted by Gasteiger charge is -2.24. The average Bonchev–Trinajstić information content (AvgIpc) is 3.07. The number of furan rings is 1. The Balaban J connectivity index is 1.98. The van der Waals surface area contributed by atoms with Crippen molar-refractivity contribution < 1.29 is 9.21 Å². The van der Waals surface area contributed by atoms with Gasteiger partial charge in [0.15, 0.2) is 0 Å². The molecule has 2 aromatic heterocycles. The van der Waals surface area contributed by atoms with Crippen LogP contribution in [0.15, 0.2) is 47.1 Å². The molecule has 0 radical (unpaired) electrons. The van der Waals surface area contributed by atoms with Gasteiger partial charge < -0.3 is 9.32 Å². The van der Waals surface area contributed by atoms with E-state index in [-0.39, 0.29) is 11.9 Å². The van der Waals surface area contributed by atoms with Gasteiger partial charge in [-0.25, -0.2) is 0 Å². The summed E-state index contributed by atoms with van der Waals surface area (Å²) < 4.78 is 5.41. The van der Waals surface area contributed by atoms with Crippen LogP contribution in [0.3, 0.4) is 0 Å². The van der Waals surface area contributed by atoms with Crippen molar-refractivity contribution in [1.82, 2.24) is 9.88 Å². The second kappa shape index (κ2) is 5.88. The van der Waals surface area contributed by atoms with Crippen molar-refractivity contribution in [2.75, 3.05) is 7.05 Å². The molecule has 3 rings (SSSR count). The monoisotopic (exact) mass is 308 g/mol. The Morgan fingerprint density at radius 2 is 2.00 bits per heavy atom. The number of amides is 1. The summed E-state index contributed by atoms with van der Waals surface area (Å²) in [4.78, 5) is 19.1. The van der Waals surface area contributed by atoms with E-state index in [0.29, 0.717) is 5.56 Å². The van der Waals surface area contributed by atoms with Crippen LogP contribution in [0.1, 0.15) is 40.3 Å². The van der Waals surface area contributed by atoms with E-state index in [2.05, 4.69) is 11.1 Å². The van der Waals surface area contributed by atoms with E-state index in [1.165, 1.54) is 0 Å². The number of benzene rings is 1. The van der Waals surface area contributed by atoms with Gasteiger partial charge in [0.05, 0.1) is 29.1 Å². The van der Waals surface area contributed by atoms with E-state index < -0.39 is 0 Å². The van der Waals surface area contributed by atoms with E-state index in [9.17, 15) is 4.79 Å². The normalized spacial score (nSPS) is 12.3. The smallest absolute Gasteiger partial charge is 0.256 e. The molecule has 4 heteroatoms. The molecule has 0 saturated heterocycles. The molecule has 118 valence electrons. The summed E-state index contributed by atoms with van der Waals surface area (Å²) in [5, 5.41) is 0.984. The summed E-state index contributed by atoms with van der Waals surface area (Å²) in [6, 6.07) is 11.6. The van der Waals surface area contributed by atoms with E-state index in [4.69, 9.17) is 4.42 Å². The number of hydrogen-bond acceptors (Lipinski definition) is 3. The molecule has 0 N–H and O–H groups in total. The number of fused-ring (bicyclic) bond motifs is 1. The Morgan fingerprint density at radius 3 is 2.70 bits per heavy atom. The minimum Gasteiger partial charge on any atom is -0.467 e. The van der Waals surface area contributed by atoms with Crippen LogP contribution in [0.5, 0.6) is 0 Å². The van der Waals surface area contributed by atoms with E-state index in [1.807, 2.05) is 51.1 Å². The quantitative estimate of drug-likeness (QED) is 0.725. The third-order valence-corrected chi connectivity index (χ3v) is 4.25. The molecule has 3 aromatic rings. The first kappa shape index (κ1) is 15.3. The molecule has 23 heavy (non-hydrogen) atoms. The summed E-state index contributed by atoms with van der Waals surface area (Å²) in [6.07, 6.45) is 1.62. The molecule has 4 nitrogen and oxygen atoms in total. The summed E-state index contributed by atoms with van der Waals surface area (Å²) in [7, 11) is 1.79. The highest BCUT2D eigenvalue weighted by atomic mass is 16.3. The first-order valence-electron chi connectivity index (χ1n) is 7.66. The Morgan fingerprint density at radius 1 is 1.22 bits per heavy atom. The first-order valence-corrected chi connectivity index (χ1v) is 7.66. The highest BCUT2D eigenvalue weighted by Gasteiger charge is 2.22. The number of carbonyl (C=O) groups is 1. The van der Waals surface area contributed by atoms with Gasteiger partial charge in [0, 0.05) is 12.4 Å². The molecule has 1 unspecified atom stereocenters. The minimum atomic E-state index is -0.134. The minimum absolute atomic E-state index is 0.0534. The lowest BCUT2D eigenvalue weighted by molar-refractivity contribution is 0.0725. The van der Waals surface area contributed by atoms with Crippen molar-refractivity contribution >= 4 is 16.8 Å². The molecular formula is C19H20N2O2. The predicted octanol–water partition coefficient (Wildman–Crippen LogP) is 4.28. The van der Waals surface area contributed by atoms with Crippen molar-refractivity contribution in [3.63, 3.8) is 0 Å². The van der Waals surface area contributed by atoms with Gasteiger partial charge in [-0.1, -0.05) is 11.6 Å². The zero-order valence-corrected chi connectivity index (χ0v) is 13.8. The average molecular weight is 308 g/mol. The fourth-order valence-corrected chi connectivity index (χ4v) is 2.69. The number of pyridine rings is 1. The summed E-state index contributed by atoms with van der Waals surface area (Å²) in [5.74, 6) is 0.713. The van der Waals surface area contributed by atoms with Crippen molar-refractivity contribution in [3.8, 4) is 0 Å². The molecule has 1 aromatic carbocycles. The largest absolute Gasteiger partial charge is 0.467 e. The molecule has 0 aliphatic carbocycles. The summed E-state index contributed by atoms with van der Waals surface area (Å²) in [5.41, 5.74) is 3.43. The topological polar surface area (TPSA) is 46.3 Å². The number of rotatable bonds is 3. The van der Waals surface area contributed by atoms with E-state index >= 15 is 0 Å². The third-order valence-electron chi connectivity index (χ3n) is 4.25. The lowest BCUT2D eigenvalue weighted by atomic mass is 10.1. The predicted molar refractivity (Wildman–Crippen MR) is 90.4 cm³/mol. The molecule has 1 amide bonds. The molecule has 0 bridgehead atoms. The zero-order chi connectivity index (χ0) is 16.6. The second-order valence-electron chi connectivity index (χ2n) is 5.92. The van der Waals surface area contributed by atoms with Crippen LogP contribution in [-0.4, -0.2) is 22.8 Å². The lowest BCUT2D eigenvalue weighted by Crippen LogP contribution is -2.30. The molecule has 0 aliphatic rings. The SMILES string of the molecule is Cc1ccc2nc(C)c(C(=O)N(C)C(C)c3ccco3)cc2c1. The van der Waals surface area contributed by atoms with Crippen molar-refractivity contribution in [2.45, 2.75) is 26.8 Å². The molecular weight excluding hydrogens is 288 g/mol. The number of hydrogen-bond donors (Lipinski definition) is 0. The highest BCUT2D eigenvalue weighted by Crippen LogP contribution is 2.24. The van der Waals surface area contributed by atoms with Crippen LogP contribution >= 0.6 is 0 Å².